The van der Waals surface area contributed by atoms with E-state index in [-0.39, 0.29) is 5.54 Å². The first-order valence-electron chi connectivity index (χ1n) is 7.06. The number of nitrogens with two attached hydrogens (primary N) is 1. The number of ether oxygens (including phenoxy) is 1. The van der Waals surface area contributed by atoms with E-state index in [9.17, 15) is 0 Å². The Balaban J connectivity index is 2.07. The SMILES string of the molecule is CC(C)COc1nc(NC(C)(C)C2CC2)ccc1N. The average molecular weight is 263 g/mol. The number of hydrogen-bond acceptors (Lipinski definition) is 4. The predicted octanol–water partition coefficient (Wildman–Crippen LogP) is 3.30. The first kappa shape index (κ1) is 14.0. The van der Waals surface area contributed by atoms with Crippen LogP contribution in [0, 0.1) is 11.8 Å². The number of rotatable bonds is 6. The number of anilines is 2. The van der Waals surface area contributed by atoms with Gasteiger partial charge in [-0.3, -0.25) is 0 Å². The molecule has 1 saturated carbocycles. The summed E-state index contributed by atoms with van der Waals surface area (Å²) in [5.74, 6) is 2.57. The monoisotopic (exact) mass is 263 g/mol. The van der Waals surface area contributed by atoms with Crippen molar-refractivity contribution in [3.63, 3.8) is 0 Å². The molecule has 19 heavy (non-hydrogen) atoms. The third-order valence-electron chi connectivity index (χ3n) is 3.49. The van der Waals surface area contributed by atoms with E-state index in [1.165, 1.54) is 12.8 Å². The topological polar surface area (TPSA) is 60.2 Å². The molecule has 0 atom stereocenters. The summed E-state index contributed by atoms with van der Waals surface area (Å²) >= 11 is 0. The van der Waals surface area contributed by atoms with Gasteiger partial charge >= 0.3 is 0 Å². The third-order valence-corrected chi connectivity index (χ3v) is 3.49. The number of nitrogens with zero attached hydrogens (tertiary/aromatic N) is 1. The molecule has 1 fully saturated rings. The largest absolute Gasteiger partial charge is 0.476 e. The molecule has 0 bridgehead atoms. The lowest BCUT2D eigenvalue weighted by atomic mass is 9.99. The van der Waals surface area contributed by atoms with Gasteiger partial charge in [0.1, 0.15) is 5.82 Å². The molecule has 0 amide bonds. The van der Waals surface area contributed by atoms with Crippen LogP contribution in [0.1, 0.15) is 40.5 Å². The normalized spacial score (nSPS) is 15.6. The highest BCUT2D eigenvalue weighted by molar-refractivity contribution is 5.54. The van der Waals surface area contributed by atoms with Crippen molar-refractivity contribution in [2.24, 2.45) is 11.8 Å². The van der Waals surface area contributed by atoms with Crippen LogP contribution in [0.4, 0.5) is 11.5 Å². The summed E-state index contributed by atoms with van der Waals surface area (Å²) in [6.07, 6.45) is 2.59. The van der Waals surface area contributed by atoms with Gasteiger partial charge in [-0.25, -0.2) is 0 Å². The van der Waals surface area contributed by atoms with E-state index in [1.54, 1.807) is 0 Å². The lowest BCUT2D eigenvalue weighted by Gasteiger charge is -2.27. The van der Waals surface area contributed by atoms with Crippen LogP contribution in [0.25, 0.3) is 0 Å². The lowest BCUT2D eigenvalue weighted by molar-refractivity contribution is 0.263. The Morgan fingerprint density at radius 1 is 1.42 bits per heavy atom. The molecule has 1 heterocycles. The Kier molecular flexibility index (Phi) is 3.88. The number of aromatic nitrogens is 1. The smallest absolute Gasteiger partial charge is 0.239 e. The van der Waals surface area contributed by atoms with Crippen LogP contribution < -0.4 is 15.8 Å². The summed E-state index contributed by atoms with van der Waals surface area (Å²) in [6.45, 7) is 9.28. The molecule has 1 aliphatic carbocycles. The maximum atomic E-state index is 5.90. The average Bonchev–Trinajstić information content (AvgIpc) is 3.13. The number of pyridine rings is 1. The lowest BCUT2D eigenvalue weighted by Crippen LogP contribution is -2.33. The molecule has 3 N–H and O–H groups in total. The van der Waals surface area contributed by atoms with Crippen molar-refractivity contribution in [3.05, 3.63) is 12.1 Å². The van der Waals surface area contributed by atoms with Crippen LogP contribution in [-0.4, -0.2) is 17.1 Å². The van der Waals surface area contributed by atoms with Gasteiger partial charge in [0.2, 0.25) is 5.88 Å². The van der Waals surface area contributed by atoms with E-state index in [1.807, 2.05) is 12.1 Å². The van der Waals surface area contributed by atoms with Crippen LogP contribution in [0.3, 0.4) is 0 Å². The minimum absolute atomic E-state index is 0.0818. The van der Waals surface area contributed by atoms with Gasteiger partial charge in [-0.15, -0.1) is 0 Å². The van der Waals surface area contributed by atoms with E-state index in [0.29, 0.717) is 24.1 Å². The fourth-order valence-corrected chi connectivity index (χ4v) is 2.12. The van der Waals surface area contributed by atoms with E-state index in [0.717, 1.165) is 11.7 Å². The van der Waals surface area contributed by atoms with E-state index < -0.39 is 0 Å². The van der Waals surface area contributed by atoms with E-state index in [4.69, 9.17) is 10.5 Å². The van der Waals surface area contributed by atoms with Crippen LogP contribution in [0.15, 0.2) is 12.1 Å². The van der Waals surface area contributed by atoms with Crippen molar-refractivity contribution < 1.29 is 4.74 Å². The molecular weight excluding hydrogens is 238 g/mol. The minimum atomic E-state index is 0.0818. The second kappa shape index (κ2) is 5.27. The summed E-state index contributed by atoms with van der Waals surface area (Å²) < 4.78 is 5.65. The van der Waals surface area contributed by atoms with Crippen molar-refractivity contribution in [3.8, 4) is 5.88 Å². The molecular formula is C15H25N3O. The Morgan fingerprint density at radius 3 is 2.68 bits per heavy atom. The van der Waals surface area contributed by atoms with Gasteiger partial charge in [0.05, 0.1) is 12.3 Å². The van der Waals surface area contributed by atoms with Crippen LogP contribution >= 0.6 is 0 Å². The quantitative estimate of drug-likeness (QED) is 0.826. The number of hydrogen-bond donors (Lipinski definition) is 2. The summed E-state index contributed by atoms with van der Waals surface area (Å²) in [7, 11) is 0. The molecule has 2 rings (SSSR count). The van der Waals surface area contributed by atoms with Gasteiger partial charge < -0.3 is 15.8 Å². The molecule has 4 heteroatoms. The molecule has 0 aromatic carbocycles. The summed E-state index contributed by atoms with van der Waals surface area (Å²) in [6, 6.07) is 3.77. The fourth-order valence-electron chi connectivity index (χ4n) is 2.12. The Labute approximate surface area is 115 Å². The zero-order valence-corrected chi connectivity index (χ0v) is 12.4. The zero-order valence-electron chi connectivity index (χ0n) is 12.4. The molecule has 4 nitrogen and oxygen atoms in total. The second-order valence-corrected chi connectivity index (χ2v) is 6.42. The minimum Gasteiger partial charge on any atom is -0.476 e. The van der Waals surface area contributed by atoms with Crippen LogP contribution in [-0.2, 0) is 0 Å². The molecule has 1 aromatic rings. The van der Waals surface area contributed by atoms with Crippen molar-refractivity contribution in [1.29, 1.82) is 0 Å². The Bertz CT molecular complexity index is 439. The number of nitrogen functional groups attached to an aromatic ring is 1. The highest BCUT2D eigenvalue weighted by Crippen LogP contribution is 2.41. The summed E-state index contributed by atoms with van der Waals surface area (Å²) in [5, 5.41) is 3.49. The van der Waals surface area contributed by atoms with Gasteiger partial charge in [-0.2, -0.15) is 4.98 Å². The Morgan fingerprint density at radius 2 is 2.11 bits per heavy atom. The fraction of sp³-hybridized carbons (Fsp3) is 0.667. The van der Waals surface area contributed by atoms with Crippen molar-refractivity contribution in [1.82, 2.24) is 4.98 Å². The second-order valence-electron chi connectivity index (χ2n) is 6.42. The van der Waals surface area contributed by atoms with Gasteiger partial charge in [-0.1, -0.05) is 13.8 Å². The van der Waals surface area contributed by atoms with Gasteiger partial charge in [0.25, 0.3) is 0 Å². The molecule has 1 aromatic heterocycles. The molecule has 0 radical (unpaired) electrons. The van der Waals surface area contributed by atoms with Gasteiger partial charge in [0, 0.05) is 5.54 Å². The Hall–Kier alpha value is -1.45. The maximum absolute atomic E-state index is 5.90. The summed E-state index contributed by atoms with van der Waals surface area (Å²) in [5.41, 5.74) is 6.57. The van der Waals surface area contributed by atoms with E-state index in [2.05, 4.69) is 38.0 Å². The highest BCUT2D eigenvalue weighted by Gasteiger charge is 2.37. The molecule has 0 spiro atoms. The predicted molar refractivity (Wildman–Crippen MR) is 79.4 cm³/mol. The van der Waals surface area contributed by atoms with Crippen molar-refractivity contribution >= 4 is 11.5 Å². The highest BCUT2D eigenvalue weighted by atomic mass is 16.5. The van der Waals surface area contributed by atoms with Crippen LogP contribution in [0.5, 0.6) is 5.88 Å². The molecule has 0 aliphatic heterocycles. The standard InChI is InChI=1S/C15H25N3O/c1-10(2)9-19-14-12(16)7-8-13(17-14)18-15(3,4)11-5-6-11/h7-8,10-11H,5-6,9,16H2,1-4H3,(H,17,18). The molecule has 1 aliphatic rings. The maximum Gasteiger partial charge on any atom is 0.239 e. The zero-order chi connectivity index (χ0) is 14.0. The first-order valence-corrected chi connectivity index (χ1v) is 7.06. The van der Waals surface area contributed by atoms with Crippen LogP contribution in [0.2, 0.25) is 0 Å². The van der Waals surface area contributed by atoms with Gasteiger partial charge in [-0.05, 0) is 50.7 Å². The molecule has 0 saturated heterocycles. The van der Waals surface area contributed by atoms with Gasteiger partial charge in [0.15, 0.2) is 0 Å². The van der Waals surface area contributed by atoms with Crippen molar-refractivity contribution in [2.45, 2.75) is 46.1 Å². The summed E-state index contributed by atoms with van der Waals surface area (Å²) in [4.78, 5) is 4.48. The van der Waals surface area contributed by atoms with E-state index >= 15 is 0 Å². The third kappa shape index (κ3) is 3.75. The van der Waals surface area contributed by atoms with Crippen molar-refractivity contribution in [2.75, 3.05) is 17.7 Å². The number of nitrogens with one attached hydrogen (secondary N) is 1. The molecule has 106 valence electrons. The first-order chi connectivity index (χ1) is 8.88. The molecule has 0 unspecified atom stereocenters.